The first-order valence-electron chi connectivity index (χ1n) is 8.07. The van der Waals surface area contributed by atoms with Gasteiger partial charge in [-0.05, 0) is 38.3 Å². The van der Waals surface area contributed by atoms with Gasteiger partial charge in [0.05, 0.1) is 22.3 Å². The number of aryl methyl sites for hydroxylation is 2. The highest BCUT2D eigenvalue weighted by molar-refractivity contribution is 7.13. The summed E-state index contributed by atoms with van der Waals surface area (Å²) in [6.45, 7) is 2.50. The van der Waals surface area contributed by atoms with Crippen LogP contribution in [0.1, 0.15) is 30.7 Å². The molecule has 2 aromatic heterocycles. The minimum atomic E-state index is 0.509. The Bertz CT molecular complexity index is 795. The molecular formula is C18H18Cl2N2O2S. The quantitative estimate of drug-likeness (QED) is 0.424. The molecule has 0 saturated heterocycles. The molecule has 0 radical (unpaired) electrons. The van der Waals surface area contributed by atoms with Crippen molar-refractivity contribution in [1.29, 1.82) is 0 Å². The zero-order valence-electron chi connectivity index (χ0n) is 13.8. The number of benzene rings is 1. The van der Waals surface area contributed by atoms with Gasteiger partial charge in [-0.2, -0.15) is 0 Å². The predicted octanol–water partition coefficient (Wildman–Crippen LogP) is 6.21. The minimum Gasteiger partial charge on any atom is -0.490 e. The molecule has 7 heteroatoms. The van der Waals surface area contributed by atoms with Crippen LogP contribution < -0.4 is 4.74 Å². The van der Waals surface area contributed by atoms with E-state index in [0.717, 1.165) is 47.7 Å². The maximum absolute atomic E-state index is 6.32. The van der Waals surface area contributed by atoms with Gasteiger partial charge in [0, 0.05) is 29.6 Å². The second kappa shape index (κ2) is 8.70. The van der Waals surface area contributed by atoms with E-state index in [4.69, 9.17) is 32.5 Å². The lowest BCUT2D eigenvalue weighted by molar-refractivity contribution is 0.304. The van der Waals surface area contributed by atoms with Crippen molar-refractivity contribution in [3.63, 3.8) is 0 Å². The summed E-state index contributed by atoms with van der Waals surface area (Å²) in [4.78, 5) is 4.27. The van der Waals surface area contributed by atoms with Gasteiger partial charge >= 0.3 is 0 Å². The maximum atomic E-state index is 6.32. The highest BCUT2D eigenvalue weighted by Crippen LogP contribution is 2.38. The van der Waals surface area contributed by atoms with Gasteiger partial charge in [-0.25, -0.2) is 4.98 Å². The van der Waals surface area contributed by atoms with Crippen molar-refractivity contribution in [1.82, 2.24) is 10.1 Å². The van der Waals surface area contributed by atoms with E-state index >= 15 is 0 Å². The van der Waals surface area contributed by atoms with Crippen LogP contribution in [-0.2, 0) is 6.42 Å². The van der Waals surface area contributed by atoms with E-state index in [1.165, 1.54) is 0 Å². The Morgan fingerprint density at radius 3 is 2.56 bits per heavy atom. The van der Waals surface area contributed by atoms with Gasteiger partial charge in [-0.1, -0.05) is 28.4 Å². The van der Waals surface area contributed by atoms with E-state index in [-0.39, 0.29) is 0 Å². The predicted molar refractivity (Wildman–Crippen MR) is 102 cm³/mol. The Labute approximate surface area is 160 Å². The molecule has 3 aromatic rings. The summed E-state index contributed by atoms with van der Waals surface area (Å²) in [6.07, 6.45) is 5.64. The van der Waals surface area contributed by atoms with Crippen molar-refractivity contribution >= 4 is 34.5 Å². The molecular weight excluding hydrogens is 379 g/mol. The number of ether oxygens (including phenoxy) is 1. The third kappa shape index (κ3) is 4.97. The number of hydrogen-bond acceptors (Lipinski definition) is 5. The molecule has 25 heavy (non-hydrogen) atoms. The lowest BCUT2D eigenvalue weighted by Gasteiger charge is -2.11. The molecule has 0 aliphatic rings. The Balaban J connectivity index is 1.46. The molecule has 0 saturated carbocycles. The number of hydrogen-bond donors (Lipinski definition) is 0. The molecule has 0 spiro atoms. The van der Waals surface area contributed by atoms with Gasteiger partial charge in [0.25, 0.3) is 0 Å². The molecule has 4 nitrogen and oxygen atoms in total. The molecule has 0 N–H and O–H groups in total. The highest BCUT2D eigenvalue weighted by atomic mass is 35.5. The van der Waals surface area contributed by atoms with E-state index in [2.05, 4.69) is 10.1 Å². The second-order valence-electron chi connectivity index (χ2n) is 5.70. The third-order valence-electron chi connectivity index (χ3n) is 3.67. The Kier molecular flexibility index (Phi) is 6.34. The molecule has 3 rings (SSSR count). The molecule has 132 valence electrons. The van der Waals surface area contributed by atoms with Crippen molar-refractivity contribution in [2.24, 2.45) is 0 Å². The zero-order valence-corrected chi connectivity index (χ0v) is 16.1. The first kappa shape index (κ1) is 18.2. The molecule has 0 amide bonds. The fourth-order valence-electron chi connectivity index (χ4n) is 2.47. The summed E-state index contributed by atoms with van der Waals surface area (Å²) in [5.41, 5.74) is 1.82. The SMILES string of the molecule is Cc1cc(CCCCCOc2c(Cl)cc(-c3nccs3)cc2Cl)on1. The average molecular weight is 397 g/mol. The van der Waals surface area contributed by atoms with E-state index in [1.54, 1.807) is 17.5 Å². The van der Waals surface area contributed by atoms with E-state index in [9.17, 15) is 0 Å². The van der Waals surface area contributed by atoms with Crippen LogP contribution in [0.5, 0.6) is 5.75 Å². The van der Waals surface area contributed by atoms with Crippen molar-refractivity contribution in [3.05, 3.63) is 51.3 Å². The number of thiazole rings is 1. The topological polar surface area (TPSA) is 48.2 Å². The van der Waals surface area contributed by atoms with Gasteiger partial charge < -0.3 is 9.26 Å². The first-order valence-corrected chi connectivity index (χ1v) is 9.71. The Morgan fingerprint density at radius 2 is 1.92 bits per heavy atom. The zero-order chi connectivity index (χ0) is 17.6. The van der Waals surface area contributed by atoms with Crippen LogP contribution in [0.2, 0.25) is 10.0 Å². The summed E-state index contributed by atoms with van der Waals surface area (Å²) < 4.78 is 11.0. The molecule has 0 bridgehead atoms. The second-order valence-corrected chi connectivity index (χ2v) is 7.41. The first-order chi connectivity index (χ1) is 12.1. The van der Waals surface area contributed by atoms with Crippen LogP contribution >= 0.6 is 34.5 Å². The standard InChI is InChI=1S/C18H18Cl2N2O2S/c1-12-9-14(24-22-12)5-3-2-4-7-23-17-15(19)10-13(11-16(17)20)18-21-6-8-25-18/h6,8-11H,2-5,7H2,1H3. The van der Waals surface area contributed by atoms with E-state index < -0.39 is 0 Å². The lowest BCUT2D eigenvalue weighted by atomic mass is 10.1. The number of nitrogens with zero attached hydrogens (tertiary/aromatic N) is 2. The van der Waals surface area contributed by atoms with Gasteiger partial charge in [0.15, 0.2) is 5.75 Å². The van der Waals surface area contributed by atoms with Crippen LogP contribution in [-0.4, -0.2) is 16.7 Å². The summed E-state index contributed by atoms with van der Waals surface area (Å²) in [5.74, 6) is 1.47. The lowest BCUT2D eigenvalue weighted by Crippen LogP contribution is -1.99. The van der Waals surface area contributed by atoms with E-state index in [1.807, 2.05) is 30.5 Å². The molecule has 2 heterocycles. The smallest absolute Gasteiger partial charge is 0.156 e. The highest BCUT2D eigenvalue weighted by Gasteiger charge is 2.12. The molecule has 1 aromatic carbocycles. The van der Waals surface area contributed by atoms with Crippen molar-refractivity contribution in [2.45, 2.75) is 32.6 Å². The summed E-state index contributed by atoms with van der Waals surface area (Å²) >= 11 is 14.2. The van der Waals surface area contributed by atoms with Gasteiger partial charge in [0.1, 0.15) is 10.8 Å². The monoisotopic (exact) mass is 396 g/mol. The van der Waals surface area contributed by atoms with Gasteiger partial charge in [0.2, 0.25) is 0 Å². The molecule has 0 aliphatic heterocycles. The molecule has 0 fully saturated rings. The van der Waals surface area contributed by atoms with Crippen LogP contribution in [0.25, 0.3) is 10.6 Å². The van der Waals surface area contributed by atoms with Crippen LogP contribution in [0, 0.1) is 6.92 Å². The number of rotatable bonds is 8. The fourth-order valence-corrected chi connectivity index (χ4v) is 3.70. The largest absolute Gasteiger partial charge is 0.490 e. The van der Waals surface area contributed by atoms with Gasteiger partial charge in [-0.15, -0.1) is 11.3 Å². The Hall–Kier alpha value is -1.56. The van der Waals surface area contributed by atoms with Crippen molar-refractivity contribution in [3.8, 4) is 16.3 Å². The Morgan fingerprint density at radius 1 is 1.12 bits per heavy atom. The minimum absolute atomic E-state index is 0.509. The molecule has 0 unspecified atom stereocenters. The molecule has 0 atom stereocenters. The van der Waals surface area contributed by atoms with Crippen LogP contribution in [0.4, 0.5) is 0 Å². The summed E-state index contributed by atoms with van der Waals surface area (Å²) in [7, 11) is 0. The normalized spacial score (nSPS) is 11.0. The van der Waals surface area contributed by atoms with Gasteiger partial charge in [-0.3, -0.25) is 0 Å². The number of aromatic nitrogens is 2. The average Bonchev–Trinajstić information content (AvgIpc) is 3.24. The fraction of sp³-hybridized carbons (Fsp3) is 0.333. The summed E-state index contributed by atoms with van der Waals surface area (Å²) in [5, 5.41) is 7.71. The van der Waals surface area contributed by atoms with Crippen molar-refractivity contribution < 1.29 is 9.26 Å². The van der Waals surface area contributed by atoms with Crippen LogP contribution in [0.3, 0.4) is 0 Å². The van der Waals surface area contributed by atoms with Crippen molar-refractivity contribution in [2.75, 3.05) is 6.61 Å². The third-order valence-corrected chi connectivity index (χ3v) is 5.05. The van der Waals surface area contributed by atoms with Crippen LogP contribution in [0.15, 0.2) is 34.3 Å². The van der Waals surface area contributed by atoms with E-state index in [0.29, 0.717) is 22.4 Å². The number of halogens is 2. The number of unbranched alkanes of at least 4 members (excludes halogenated alkanes) is 2. The molecule has 0 aliphatic carbocycles. The summed E-state index contributed by atoms with van der Waals surface area (Å²) in [6, 6.07) is 5.65. The maximum Gasteiger partial charge on any atom is 0.156 e.